The lowest BCUT2D eigenvalue weighted by Crippen LogP contribution is -2.29. The zero-order valence-corrected chi connectivity index (χ0v) is 15.4. The van der Waals surface area contributed by atoms with Crippen molar-refractivity contribution in [2.75, 3.05) is 6.54 Å². The Morgan fingerprint density at radius 2 is 2.17 bits per heavy atom. The van der Waals surface area contributed by atoms with Crippen LogP contribution < -0.4 is 0 Å². The van der Waals surface area contributed by atoms with Crippen molar-refractivity contribution in [3.8, 4) is 0 Å². The van der Waals surface area contributed by atoms with E-state index in [0.29, 0.717) is 28.2 Å². The zero-order chi connectivity index (χ0) is 17.4. The molecule has 0 radical (unpaired) electrons. The van der Waals surface area contributed by atoms with Gasteiger partial charge in [0.05, 0.1) is 4.91 Å². The molecule has 0 unspecified atom stereocenters. The Balaban J connectivity index is 1.76. The van der Waals surface area contributed by atoms with Gasteiger partial charge in [-0.15, -0.1) is 0 Å². The Hall–Kier alpha value is -1.60. The number of amides is 1. The van der Waals surface area contributed by atoms with Gasteiger partial charge in [-0.2, -0.15) is 0 Å². The Bertz CT molecular complexity index is 747. The van der Waals surface area contributed by atoms with Gasteiger partial charge in [0.15, 0.2) is 0 Å². The predicted octanol–water partition coefficient (Wildman–Crippen LogP) is 3.51. The number of hydrogen-bond donors (Lipinski definition) is 1. The average molecular weight is 364 g/mol. The van der Waals surface area contributed by atoms with E-state index < -0.39 is 5.97 Å². The number of carboxylic acid groups (broad SMARTS) is 1. The number of carbonyl (C=O) groups is 2. The first-order valence-corrected chi connectivity index (χ1v) is 9.26. The molecule has 0 bridgehead atoms. The molecule has 24 heavy (non-hydrogen) atoms. The topological polar surface area (TPSA) is 62.5 Å². The van der Waals surface area contributed by atoms with Crippen LogP contribution in [0.5, 0.6) is 0 Å². The molecule has 1 saturated carbocycles. The molecule has 0 spiro atoms. The predicted molar refractivity (Wildman–Crippen MR) is 98.9 cm³/mol. The van der Waals surface area contributed by atoms with Gasteiger partial charge in [-0.05, 0) is 50.8 Å². The number of thioether (sulfide) groups is 1. The molecule has 7 heteroatoms. The lowest BCUT2D eigenvalue weighted by atomic mass is 10.2. The molecule has 3 rings (SSSR count). The zero-order valence-electron chi connectivity index (χ0n) is 13.7. The summed E-state index contributed by atoms with van der Waals surface area (Å²) in [5, 5.41) is 8.72. The minimum atomic E-state index is -0.858. The van der Waals surface area contributed by atoms with Crippen molar-refractivity contribution in [3.63, 3.8) is 0 Å². The van der Waals surface area contributed by atoms with Crippen molar-refractivity contribution < 1.29 is 14.7 Å². The first kappa shape index (κ1) is 17.2. The van der Waals surface area contributed by atoms with Gasteiger partial charge in [-0.25, -0.2) is 0 Å². The van der Waals surface area contributed by atoms with Gasteiger partial charge >= 0.3 is 5.97 Å². The van der Waals surface area contributed by atoms with Crippen LogP contribution >= 0.6 is 24.0 Å². The van der Waals surface area contributed by atoms with Crippen molar-refractivity contribution in [1.29, 1.82) is 0 Å². The minimum Gasteiger partial charge on any atom is -0.481 e. The molecular formula is C17H20N2O3S2. The van der Waals surface area contributed by atoms with Crippen LogP contribution in [0, 0.1) is 13.8 Å². The first-order valence-electron chi connectivity index (χ1n) is 8.04. The van der Waals surface area contributed by atoms with Gasteiger partial charge < -0.3 is 9.67 Å². The van der Waals surface area contributed by atoms with E-state index in [4.69, 9.17) is 17.3 Å². The fourth-order valence-corrected chi connectivity index (χ4v) is 4.37. The van der Waals surface area contributed by atoms with Crippen molar-refractivity contribution in [2.24, 2.45) is 0 Å². The molecule has 1 aliphatic carbocycles. The van der Waals surface area contributed by atoms with Crippen LogP contribution in [0.15, 0.2) is 11.0 Å². The van der Waals surface area contributed by atoms with E-state index in [-0.39, 0.29) is 12.3 Å². The molecule has 128 valence electrons. The summed E-state index contributed by atoms with van der Waals surface area (Å²) in [5.74, 6) is -0.977. The average Bonchev–Trinajstić information content (AvgIpc) is 3.24. The molecule has 1 N–H and O–H groups in total. The fourth-order valence-electron chi connectivity index (χ4n) is 3.07. The van der Waals surface area contributed by atoms with E-state index in [2.05, 4.69) is 24.5 Å². The van der Waals surface area contributed by atoms with Gasteiger partial charge in [0.2, 0.25) is 0 Å². The van der Waals surface area contributed by atoms with Crippen molar-refractivity contribution in [2.45, 2.75) is 45.6 Å². The van der Waals surface area contributed by atoms with Gasteiger partial charge in [-0.1, -0.05) is 24.0 Å². The van der Waals surface area contributed by atoms with Gasteiger partial charge in [0.1, 0.15) is 4.32 Å². The Kier molecular flexibility index (Phi) is 4.83. The van der Waals surface area contributed by atoms with E-state index in [9.17, 15) is 9.59 Å². The van der Waals surface area contributed by atoms with Gasteiger partial charge in [0, 0.05) is 30.4 Å². The van der Waals surface area contributed by atoms with Crippen molar-refractivity contribution in [3.05, 3.63) is 27.9 Å². The third kappa shape index (κ3) is 3.42. The summed E-state index contributed by atoms with van der Waals surface area (Å²) in [5.41, 5.74) is 3.47. The number of thiocarbonyl (C=S) groups is 1. The summed E-state index contributed by atoms with van der Waals surface area (Å²) in [6.45, 7) is 4.54. The largest absolute Gasteiger partial charge is 0.481 e. The van der Waals surface area contributed by atoms with E-state index in [1.165, 1.54) is 40.9 Å². The Morgan fingerprint density at radius 3 is 2.79 bits per heavy atom. The monoisotopic (exact) mass is 364 g/mol. The molecule has 1 aliphatic heterocycles. The summed E-state index contributed by atoms with van der Waals surface area (Å²) in [6, 6.07) is 2.72. The molecule has 1 aromatic heterocycles. The molecule has 1 amide bonds. The molecular weight excluding hydrogens is 344 g/mol. The SMILES string of the molecule is Cc1cc(C=C2SC(=S)N(CCCC(=O)O)C2=O)c(C)n1C1CC1. The van der Waals surface area contributed by atoms with Crippen LogP contribution in [0.4, 0.5) is 0 Å². The number of aliphatic carboxylic acids is 1. The van der Waals surface area contributed by atoms with Crippen LogP contribution in [-0.4, -0.2) is 37.3 Å². The number of carbonyl (C=O) groups excluding carboxylic acids is 1. The summed E-state index contributed by atoms with van der Waals surface area (Å²) < 4.78 is 2.85. The van der Waals surface area contributed by atoms with Crippen LogP contribution in [0.1, 0.15) is 48.7 Å². The summed E-state index contributed by atoms with van der Waals surface area (Å²) in [4.78, 5) is 25.3. The molecule has 2 heterocycles. The fraction of sp³-hybridized carbons (Fsp3) is 0.471. The number of nitrogens with zero attached hydrogens (tertiary/aromatic N) is 2. The third-order valence-corrected chi connectivity index (χ3v) is 5.75. The van der Waals surface area contributed by atoms with E-state index >= 15 is 0 Å². The van der Waals surface area contributed by atoms with Crippen molar-refractivity contribution >= 4 is 46.3 Å². The lowest BCUT2D eigenvalue weighted by Gasteiger charge is -2.13. The van der Waals surface area contributed by atoms with E-state index in [1.807, 2.05) is 6.08 Å². The highest BCUT2D eigenvalue weighted by molar-refractivity contribution is 8.26. The summed E-state index contributed by atoms with van der Waals surface area (Å²) in [6.07, 6.45) is 4.81. The standard InChI is InChI=1S/C17H20N2O3S2/c1-10-8-12(11(2)19(10)13-5-6-13)9-14-16(22)18(17(23)24-14)7-3-4-15(20)21/h8-9,13H,3-7H2,1-2H3,(H,20,21). The van der Waals surface area contributed by atoms with Crippen molar-refractivity contribution in [1.82, 2.24) is 9.47 Å². The number of hydrogen-bond acceptors (Lipinski definition) is 4. The summed E-state index contributed by atoms with van der Waals surface area (Å²) in [7, 11) is 0. The van der Waals surface area contributed by atoms with E-state index in [1.54, 1.807) is 0 Å². The first-order chi connectivity index (χ1) is 11.4. The molecule has 5 nitrogen and oxygen atoms in total. The second-order valence-electron chi connectivity index (χ2n) is 6.26. The van der Waals surface area contributed by atoms with Gasteiger partial charge in [0.25, 0.3) is 5.91 Å². The molecule has 0 aromatic carbocycles. The van der Waals surface area contributed by atoms with Crippen LogP contribution in [0.2, 0.25) is 0 Å². The number of carboxylic acids is 1. The maximum Gasteiger partial charge on any atom is 0.303 e. The Morgan fingerprint density at radius 1 is 1.46 bits per heavy atom. The number of aromatic nitrogens is 1. The minimum absolute atomic E-state index is 0.0403. The maximum absolute atomic E-state index is 12.5. The lowest BCUT2D eigenvalue weighted by molar-refractivity contribution is -0.137. The quantitative estimate of drug-likeness (QED) is 0.618. The molecule has 0 atom stereocenters. The number of rotatable bonds is 6. The van der Waals surface area contributed by atoms with Crippen LogP contribution in [0.25, 0.3) is 6.08 Å². The summed E-state index contributed by atoms with van der Waals surface area (Å²) >= 11 is 6.58. The highest BCUT2D eigenvalue weighted by Crippen LogP contribution is 2.39. The van der Waals surface area contributed by atoms with E-state index in [0.717, 1.165) is 5.56 Å². The number of aryl methyl sites for hydroxylation is 1. The van der Waals surface area contributed by atoms with Crippen LogP contribution in [-0.2, 0) is 9.59 Å². The Labute approximate surface area is 150 Å². The van der Waals surface area contributed by atoms with Gasteiger partial charge in [-0.3, -0.25) is 14.5 Å². The molecule has 2 fully saturated rings. The third-order valence-electron chi connectivity index (χ3n) is 4.37. The van der Waals surface area contributed by atoms with Crippen LogP contribution in [0.3, 0.4) is 0 Å². The maximum atomic E-state index is 12.5. The second kappa shape index (κ2) is 6.72. The molecule has 1 aromatic rings. The molecule has 2 aliphatic rings. The highest BCUT2D eigenvalue weighted by Gasteiger charge is 2.32. The second-order valence-corrected chi connectivity index (χ2v) is 7.93. The molecule has 1 saturated heterocycles. The normalized spacial score (nSPS) is 19.6. The highest BCUT2D eigenvalue weighted by atomic mass is 32.2. The smallest absolute Gasteiger partial charge is 0.303 e.